The van der Waals surface area contributed by atoms with E-state index in [0.717, 1.165) is 16.8 Å². The largest absolute Gasteiger partial charge is 0.394 e. The van der Waals surface area contributed by atoms with E-state index in [1.165, 1.54) is 29.3 Å². The van der Waals surface area contributed by atoms with Crippen LogP contribution in [0.2, 0.25) is 0 Å². The van der Waals surface area contributed by atoms with Gasteiger partial charge in [-0.2, -0.15) is 5.10 Å². The van der Waals surface area contributed by atoms with Gasteiger partial charge in [-0.25, -0.2) is 31.9 Å². The molecule has 194 valence electrons. The third kappa shape index (κ3) is 4.48. The smallest absolute Gasteiger partial charge is 0.194 e. The first-order valence-corrected chi connectivity index (χ1v) is 11.0. The SMILES string of the molecule is Cc1cc(F)cc(-n2ncnc2[C@@H]2O[C@H](CO)[C@H](O)[C@H](n3cc(-c4cc(F)c(F)c(F)c4)nn3)[C@H]2O)c1. The summed E-state index contributed by atoms with van der Waals surface area (Å²) in [6.45, 7) is 1.04. The lowest BCUT2D eigenvalue weighted by atomic mass is 9.92. The predicted octanol–water partition coefficient (Wildman–Crippen LogP) is 1.79. The molecular weight excluding hydrogens is 500 g/mol. The van der Waals surface area contributed by atoms with Gasteiger partial charge in [-0.1, -0.05) is 5.21 Å². The van der Waals surface area contributed by atoms with Crippen LogP contribution < -0.4 is 0 Å². The summed E-state index contributed by atoms with van der Waals surface area (Å²) < 4.78 is 62.9. The molecule has 1 aliphatic heterocycles. The third-order valence-corrected chi connectivity index (χ3v) is 6.09. The molecule has 0 spiro atoms. The standard InChI is InChI=1S/C23H20F4N6O4/c1-10-2-12(24)6-13(3-10)33-23(28-9-29-33)22-21(36)19(20(35)17(8-34)37-22)32-7-16(30-31-32)11-4-14(25)18(27)15(26)5-11/h2-7,9,17,19-22,34-36H,8H2,1H3/t17-,19+,20+,21-,22-/m1/s1. The van der Waals surface area contributed by atoms with Gasteiger partial charge < -0.3 is 20.1 Å². The van der Waals surface area contributed by atoms with Gasteiger partial charge in [-0.15, -0.1) is 5.10 Å². The molecule has 5 rings (SSSR count). The van der Waals surface area contributed by atoms with Crippen LogP contribution in [0.4, 0.5) is 17.6 Å². The third-order valence-electron chi connectivity index (χ3n) is 6.09. The number of nitrogens with zero attached hydrogens (tertiary/aromatic N) is 6. The van der Waals surface area contributed by atoms with Crippen molar-refractivity contribution in [1.29, 1.82) is 0 Å². The van der Waals surface area contributed by atoms with Gasteiger partial charge in [0, 0.05) is 5.56 Å². The molecule has 10 nitrogen and oxygen atoms in total. The minimum Gasteiger partial charge on any atom is -0.394 e. The van der Waals surface area contributed by atoms with Crippen molar-refractivity contribution in [3.63, 3.8) is 0 Å². The van der Waals surface area contributed by atoms with Crippen molar-refractivity contribution < 1.29 is 37.6 Å². The van der Waals surface area contributed by atoms with Crippen LogP contribution in [-0.2, 0) is 4.74 Å². The zero-order chi connectivity index (χ0) is 26.4. The number of ether oxygens (including phenoxy) is 1. The van der Waals surface area contributed by atoms with Gasteiger partial charge in [0.2, 0.25) is 0 Å². The van der Waals surface area contributed by atoms with E-state index in [9.17, 15) is 32.9 Å². The molecule has 37 heavy (non-hydrogen) atoms. The molecule has 3 N–H and O–H groups in total. The minimum atomic E-state index is -1.64. The molecule has 1 fully saturated rings. The highest BCUT2D eigenvalue weighted by molar-refractivity contribution is 5.58. The van der Waals surface area contributed by atoms with Crippen LogP contribution in [0, 0.1) is 30.2 Å². The van der Waals surface area contributed by atoms with Gasteiger partial charge in [0.25, 0.3) is 0 Å². The first-order valence-electron chi connectivity index (χ1n) is 11.0. The van der Waals surface area contributed by atoms with Gasteiger partial charge in [0.05, 0.1) is 18.5 Å². The van der Waals surface area contributed by atoms with Gasteiger partial charge >= 0.3 is 0 Å². The number of aromatic nitrogens is 6. The van der Waals surface area contributed by atoms with Crippen LogP contribution in [0.1, 0.15) is 23.5 Å². The molecule has 0 radical (unpaired) electrons. The maximum Gasteiger partial charge on any atom is 0.194 e. The summed E-state index contributed by atoms with van der Waals surface area (Å²) in [6, 6.07) is 4.35. The Bertz CT molecular complexity index is 1400. The fraction of sp³-hybridized carbons (Fsp3) is 0.304. The van der Waals surface area contributed by atoms with Crippen molar-refractivity contribution in [2.45, 2.75) is 37.4 Å². The Morgan fingerprint density at radius 3 is 2.41 bits per heavy atom. The van der Waals surface area contributed by atoms with Crippen molar-refractivity contribution >= 4 is 0 Å². The predicted molar refractivity (Wildman–Crippen MR) is 117 cm³/mol. The summed E-state index contributed by atoms with van der Waals surface area (Å²) in [5.41, 5.74) is 0.702. The van der Waals surface area contributed by atoms with E-state index >= 15 is 0 Å². The molecule has 3 heterocycles. The first kappa shape index (κ1) is 25.0. The number of aliphatic hydroxyl groups is 3. The van der Waals surface area contributed by atoms with Gasteiger partial charge in [-0.3, -0.25) is 0 Å². The number of hydrogen-bond donors (Lipinski definition) is 3. The van der Waals surface area contributed by atoms with Crippen LogP contribution in [0.15, 0.2) is 42.9 Å². The minimum absolute atomic E-state index is 0.0517. The number of hydrogen-bond acceptors (Lipinski definition) is 8. The van der Waals surface area contributed by atoms with Crippen LogP contribution in [0.5, 0.6) is 0 Å². The Morgan fingerprint density at radius 2 is 1.73 bits per heavy atom. The molecule has 0 aliphatic carbocycles. The second-order valence-electron chi connectivity index (χ2n) is 8.60. The normalized spacial score (nSPS) is 23.9. The average molecular weight is 520 g/mol. The Labute approximate surface area is 206 Å². The zero-order valence-corrected chi connectivity index (χ0v) is 19.1. The summed E-state index contributed by atoms with van der Waals surface area (Å²) in [5, 5.41) is 43.7. The highest BCUT2D eigenvalue weighted by Gasteiger charge is 2.48. The maximum absolute atomic E-state index is 14.0. The molecule has 5 atom stereocenters. The Kier molecular flexibility index (Phi) is 6.49. The fourth-order valence-electron chi connectivity index (χ4n) is 4.37. The zero-order valence-electron chi connectivity index (χ0n) is 19.1. The van der Waals surface area contributed by atoms with E-state index in [0.29, 0.717) is 11.3 Å². The van der Waals surface area contributed by atoms with Gasteiger partial charge in [0.1, 0.15) is 48.3 Å². The summed E-state index contributed by atoms with van der Waals surface area (Å²) >= 11 is 0. The molecule has 0 bridgehead atoms. The molecule has 14 heteroatoms. The second-order valence-corrected chi connectivity index (χ2v) is 8.60. The van der Waals surface area contributed by atoms with Crippen molar-refractivity contribution in [3.05, 3.63) is 77.5 Å². The van der Waals surface area contributed by atoms with E-state index in [-0.39, 0.29) is 17.1 Å². The molecule has 0 unspecified atom stereocenters. The molecular formula is C23H20F4N6O4. The molecule has 0 saturated carbocycles. The summed E-state index contributed by atoms with van der Waals surface area (Å²) in [7, 11) is 0. The molecule has 4 aromatic rings. The Balaban J connectivity index is 1.52. The number of benzene rings is 2. The van der Waals surface area contributed by atoms with Gasteiger partial charge in [0.15, 0.2) is 23.3 Å². The average Bonchev–Trinajstić information content (AvgIpc) is 3.52. The van der Waals surface area contributed by atoms with E-state index < -0.39 is 60.3 Å². The molecule has 2 aromatic heterocycles. The van der Waals surface area contributed by atoms with Crippen molar-refractivity contribution in [3.8, 4) is 16.9 Å². The fourth-order valence-corrected chi connectivity index (χ4v) is 4.37. The lowest BCUT2D eigenvalue weighted by molar-refractivity contribution is -0.210. The van der Waals surface area contributed by atoms with E-state index in [1.807, 2.05) is 0 Å². The number of halogens is 4. The van der Waals surface area contributed by atoms with Gasteiger partial charge in [-0.05, 0) is 42.8 Å². The van der Waals surface area contributed by atoms with Crippen molar-refractivity contribution in [2.75, 3.05) is 6.61 Å². The lowest BCUT2D eigenvalue weighted by Gasteiger charge is -2.41. The molecule has 2 aromatic carbocycles. The molecule has 0 amide bonds. The van der Waals surface area contributed by atoms with E-state index in [1.54, 1.807) is 13.0 Å². The maximum atomic E-state index is 14.0. The topological polar surface area (TPSA) is 131 Å². The summed E-state index contributed by atoms with van der Waals surface area (Å²) in [5.74, 6) is -4.97. The number of aryl methyl sites for hydroxylation is 1. The van der Waals surface area contributed by atoms with Crippen molar-refractivity contribution in [2.24, 2.45) is 0 Å². The summed E-state index contributed by atoms with van der Waals surface area (Å²) in [6.07, 6.45) is -3.17. The van der Waals surface area contributed by atoms with E-state index in [4.69, 9.17) is 4.74 Å². The van der Waals surface area contributed by atoms with Crippen LogP contribution in [0.25, 0.3) is 16.9 Å². The first-order chi connectivity index (χ1) is 17.7. The monoisotopic (exact) mass is 520 g/mol. The second kappa shape index (κ2) is 9.63. The molecule has 1 aliphatic rings. The highest BCUT2D eigenvalue weighted by Crippen LogP contribution is 2.38. The Morgan fingerprint density at radius 1 is 1.00 bits per heavy atom. The van der Waals surface area contributed by atoms with Crippen LogP contribution >= 0.6 is 0 Å². The summed E-state index contributed by atoms with van der Waals surface area (Å²) in [4.78, 5) is 4.15. The van der Waals surface area contributed by atoms with Crippen LogP contribution in [-0.4, -0.2) is 70.0 Å². The highest BCUT2D eigenvalue weighted by atomic mass is 19.2. The number of aliphatic hydroxyl groups excluding tert-OH is 3. The van der Waals surface area contributed by atoms with E-state index in [2.05, 4.69) is 20.4 Å². The quantitative estimate of drug-likeness (QED) is 0.268. The van der Waals surface area contributed by atoms with Crippen molar-refractivity contribution in [1.82, 2.24) is 29.8 Å². The Hall–Kier alpha value is -3.72. The molecule has 1 saturated heterocycles. The lowest BCUT2D eigenvalue weighted by Crippen LogP contribution is -2.53. The number of rotatable bonds is 5. The van der Waals surface area contributed by atoms with Crippen LogP contribution in [0.3, 0.4) is 0 Å².